The number of hydrogen-bond acceptors (Lipinski definition) is 4. The van der Waals surface area contributed by atoms with E-state index in [0.717, 1.165) is 6.61 Å². The molecule has 13 heavy (non-hydrogen) atoms. The van der Waals surface area contributed by atoms with Crippen molar-refractivity contribution in [1.29, 1.82) is 0 Å². The Hall–Kier alpha value is 0.130. The SMILES string of the molecule is OCCOC(CCl)COCC1CO1. The van der Waals surface area contributed by atoms with Gasteiger partial charge in [-0.2, -0.15) is 0 Å². The first-order valence-electron chi connectivity index (χ1n) is 4.34. The Balaban J connectivity index is 1.93. The van der Waals surface area contributed by atoms with Gasteiger partial charge in [0.25, 0.3) is 0 Å². The third kappa shape index (κ3) is 5.44. The molecule has 2 unspecified atom stereocenters. The van der Waals surface area contributed by atoms with Gasteiger partial charge in [-0.25, -0.2) is 0 Å². The standard InChI is InChI=1S/C8H15ClO4/c9-3-7(12-2-1-10)4-11-5-8-6-13-8/h7-8,10H,1-6H2. The molecule has 0 aromatic heterocycles. The molecule has 0 radical (unpaired) electrons. The van der Waals surface area contributed by atoms with Crippen LogP contribution in [0.5, 0.6) is 0 Å². The minimum Gasteiger partial charge on any atom is -0.394 e. The number of aliphatic hydroxyl groups excluding tert-OH is 1. The summed E-state index contributed by atoms with van der Waals surface area (Å²) in [5.74, 6) is 0.380. The monoisotopic (exact) mass is 210 g/mol. The molecule has 1 aliphatic rings. The molecule has 0 aromatic rings. The molecule has 1 N–H and O–H groups in total. The summed E-state index contributed by atoms with van der Waals surface area (Å²) >= 11 is 5.62. The van der Waals surface area contributed by atoms with Gasteiger partial charge < -0.3 is 19.3 Å². The molecule has 0 bridgehead atoms. The Morgan fingerprint density at radius 2 is 2.38 bits per heavy atom. The summed E-state index contributed by atoms with van der Waals surface area (Å²) < 4.78 is 15.5. The molecular formula is C8H15ClO4. The van der Waals surface area contributed by atoms with Crippen LogP contribution in [0.1, 0.15) is 0 Å². The lowest BCUT2D eigenvalue weighted by Gasteiger charge is -2.13. The van der Waals surface area contributed by atoms with E-state index in [1.807, 2.05) is 0 Å². The van der Waals surface area contributed by atoms with Crippen LogP contribution in [0.4, 0.5) is 0 Å². The first-order chi connectivity index (χ1) is 6.36. The molecule has 1 heterocycles. The molecule has 78 valence electrons. The van der Waals surface area contributed by atoms with Crippen molar-refractivity contribution in [3.05, 3.63) is 0 Å². The Kier molecular flexibility index (Phi) is 5.66. The van der Waals surface area contributed by atoms with E-state index < -0.39 is 0 Å². The smallest absolute Gasteiger partial charge is 0.104 e. The van der Waals surface area contributed by atoms with E-state index in [1.54, 1.807) is 0 Å². The highest BCUT2D eigenvalue weighted by Gasteiger charge is 2.22. The summed E-state index contributed by atoms with van der Waals surface area (Å²) in [6, 6.07) is 0. The number of epoxide rings is 1. The second kappa shape index (κ2) is 6.56. The topological polar surface area (TPSA) is 51.2 Å². The lowest BCUT2D eigenvalue weighted by molar-refractivity contribution is -0.0192. The second-order valence-corrected chi connectivity index (χ2v) is 3.17. The van der Waals surface area contributed by atoms with Crippen LogP contribution in [0, 0.1) is 0 Å². The summed E-state index contributed by atoms with van der Waals surface area (Å²) in [6.07, 6.45) is 0.140. The van der Waals surface area contributed by atoms with Crippen molar-refractivity contribution in [3.8, 4) is 0 Å². The zero-order valence-electron chi connectivity index (χ0n) is 7.45. The van der Waals surface area contributed by atoms with Crippen LogP contribution < -0.4 is 0 Å². The maximum absolute atomic E-state index is 8.51. The maximum atomic E-state index is 8.51. The van der Waals surface area contributed by atoms with E-state index in [2.05, 4.69) is 0 Å². The van der Waals surface area contributed by atoms with Crippen LogP contribution in [-0.2, 0) is 14.2 Å². The van der Waals surface area contributed by atoms with Crippen LogP contribution in [-0.4, -0.2) is 56.2 Å². The van der Waals surface area contributed by atoms with Crippen molar-refractivity contribution >= 4 is 11.6 Å². The summed E-state index contributed by atoms with van der Waals surface area (Å²) in [5.41, 5.74) is 0. The van der Waals surface area contributed by atoms with Crippen molar-refractivity contribution in [3.63, 3.8) is 0 Å². The van der Waals surface area contributed by atoms with Gasteiger partial charge in [-0.05, 0) is 0 Å². The van der Waals surface area contributed by atoms with Gasteiger partial charge in [0.05, 0.1) is 45.0 Å². The van der Waals surface area contributed by atoms with Crippen LogP contribution in [0.15, 0.2) is 0 Å². The number of halogens is 1. The molecule has 5 heteroatoms. The Bertz CT molecular complexity index is 129. The molecule has 1 saturated heterocycles. The molecular weight excluding hydrogens is 196 g/mol. The number of hydrogen-bond donors (Lipinski definition) is 1. The predicted octanol–water partition coefficient (Wildman–Crippen LogP) is 0.0181. The summed E-state index contributed by atoms with van der Waals surface area (Å²) in [5, 5.41) is 8.51. The van der Waals surface area contributed by atoms with Crippen molar-refractivity contribution < 1.29 is 19.3 Å². The fraction of sp³-hybridized carbons (Fsp3) is 1.00. The third-order valence-corrected chi connectivity index (χ3v) is 1.97. The van der Waals surface area contributed by atoms with Gasteiger partial charge in [-0.3, -0.25) is 0 Å². The van der Waals surface area contributed by atoms with Gasteiger partial charge in [-0.1, -0.05) is 0 Å². The van der Waals surface area contributed by atoms with Gasteiger partial charge in [0.2, 0.25) is 0 Å². The van der Waals surface area contributed by atoms with Gasteiger partial charge in [0.1, 0.15) is 6.10 Å². The Labute approximate surface area is 82.7 Å². The van der Waals surface area contributed by atoms with Crippen LogP contribution in [0.3, 0.4) is 0 Å². The molecule has 0 amide bonds. The number of alkyl halides is 1. The highest BCUT2D eigenvalue weighted by Crippen LogP contribution is 2.09. The maximum Gasteiger partial charge on any atom is 0.104 e. The first kappa shape index (κ1) is 11.2. The van der Waals surface area contributed by atoms with Crippen LogP contribution in [0.25, 0.3) is 0 Å². The zero-order valence-corrected chi connectivity index (χ0v) is 8.20. The van der Waals surface area contributed by atoms with Crippen LogP contribution in [0.2, 0.25) is 0 Å². The Morgan fingerprint density at radius 3 is 2.92 bits per heavy atom. The van der Waals surface area contributed by atoms with E-state index in [9.17, 15) is 0 Å². The number of rotatable bonds is 8. The number of ether oxygens (including phenoxy) is 3. The minimum atomic E-state index is -0.132. The molecule has 0 aliphatic carbocycles. The minimum absolute atomic E-state index is 0.0130. The van der Waals surface area contributed by atoms with E-state index in [0.29, 0.717) is 25.7 Å². The van der Waals surface area contributed by atoms with E-state index in [1.165, 1.54) is 0 Å². The van der Waals surface area contributed by atoms with Crippen molar-refractivity contribution in [2.75, 3.05) is 38.9 Å². The molecule has 4 nitrogen and oxygen atoms in total. The van der Waals surface area contributed by atoms with E-state index in [4.69, 9.17) is 30.9 Å². The zero-order chi connectivity index (χ0) is 9.52. The number of aliphatic hydroxyl groups is 1. The van der Waals surface area contributed by atoms with Crippen molar-refractivity contribution in [1.82, 2.24) is 0 Å². The second-order valence-electron chi connectivity index (χ2n) is 2.86. The average Bonchev–Trinajstić information content (AvgIpc) is 2.94. The van der Waals surface area contributed by atoms with Gasteiger partial charge in [-0.15, -0.1) is 11.6 Å². The van der Waals surface area contributed by atoms with Crippen LogP contribution >= 0.6 is 11.6 Å². The van der Waals surface area contributed by atoms with Gasteiger partial charge in [0.15, 0.2) is 0 Å². The average molecular weight is 211 g/mol. The van der Waals surface area contributed by atoms with Crippen molar-refractivity contribution in [2.24, 2.45) is 0 Å². The first-order valence-corrected chi connectivity index (χ1v) is 4.88. The predicted molar refractivity (Wildman–Crippen MR) is 48.1 cm³/mol. The highest BCUT2D eigenvalue weighted by molar-refractivity contribution is 6.18. The Morgan fingerprint density at radius 1 is 1.62 bits per heavy atom. The largest absolute Gasteiger partial charge is 0.394 e. The fourth-order valence-corrected chi connectivity index (χ4v) is 1.03. The molecule has 1 fully saturated rings. The van der Waals surface area contributed by atoms with E-state index >= 15 is 0 Å². The highest BCUT2D eigenvalue weighted by atomic mass is 35.5. The normalized spacial score (nSPS) is 23.1. The summed E-state index contributed by atoms with van der Waals surface area (Å²) in [7, 11) is 0. The third-order valence-electron chi connectivity index (χ3n) is 1.63. The molecule has 0 aromatic carbocycles. The molecule has 0 spiro atoms. The van der Waals surface area contributed by atoms with Gasteiger partial charge >= 0.3 is 0 Å². The lowest BCUT2D eigenvalue weighted by atomic mass is 10.4. The lowest BCUT2D eigenvalue weighted by Crippen LogP contribution is -2.24. The quantitative estimate of drug-likeness (QED) is 0.453. The molecule has 2 atom stereocenters. The summed E-state index contributed by atoms with van der Waals surface area (Å²) in [4.78, 5) is 0. The molecule has 1 rings (SSSR count). The van der Waals surface area contributed by atoms with E-state index in [-0.39, 0.29) is 18.8 Å². The van der Waals surface area contributed by atoms with Crippen molar-refractivity contribution in [2.45, 2.75) is 12.2 Å². The molecule has 1 aliphatic heterocycles. The fourth-order valence-electron chi connectivity index (χ4n) is 0.852. The van der Waals surface area contributed by atoms with Gasteiger partial charge in [0, 0.05) is 0 Å². The summed E-state index contributed by atoms with van der Waals surface area (Å²) in [6.45, 7) is 2.18. The molecule has 0 saturated carbocycles.